The molecule has 0 amide bonds. The monoisotopic (exact) mass is 309 g/mol. The van der Waals surface area contributed by atoms with E-state index >= 15 is 0 Å². The number of ether oxygens (including phenoxy) is 1. The van der Waals surface area contributed by atoms with Gasteiger partial charge in [-0.2, -0.15) is 0 Å². The number of hydrogen-bond acceptors (Lipinski definition) is 5. The second-order valence-corrected chi connectivity index (χ2v) is 6.54. The molecule has 1 unspecified atom stereocenters. The van der Waals surface area contributed by atoms with E-state index in [0.717, 1.165) is 11.3 Å². The van der Waals surface area contributed by atoms with Crippen LogP contribution in [0.25, 0.3) is 0 Å². The summed E-state index contributed by atoms with van der Waals surface area (Å²) < 4.78 is 5.18. The summed E-state index contributed by atoms with van der Waals surface area (Å²) in [7, 11) is 0. The maximum Gasteiger partial charge on any atom is 0.328 e. The van der Waals surface area contributed by atoms with Crippen molar-refractivity contribution in [3.63, 3.8) is 0 Å². The van der Waals surface area contributed by atoms with Crippen LogP contribution < -0.4 is 5.32 Å². The van der Waals surface area contributed by atoms with Crippen LogP contribution in [0.5, 0.6) is 0 Å². The molecular weight excluding hydrogens is 290 g/mol. The molecule has 20 heavy (non-hydrogen) atoms. The van der Waals surface area contributed by atoms with Crippen molar-refractivity contribution >= 4 is 28.6 Å². The van der Waals surface area contributed by atoms with Gasteiger partial charge in [0.1, 0.15) is 6.04 Å². The number of hydrogen-bond donors (Lipinski definition) is 1. The van der Waals surface area contributed by atoms with Crippen LogP contribution in [0.3, 0.4) is 0 Å². The average molecular weight is 309 g/mol. The fraction of sp³-hybridized carbons (Fsp3) is 0.400. The third kappa shape index (κ3) is 3.91. The zero-order chi connectivity index (χ0) is 14.4. The largest absolute Gasteiger partial charge is 0.465 e. The second kappa shape index (κ2) is 7.57. The van der Waals surface area contributed by atoms with Crippen LogP contribution in [0.4, 0.5) is 0 Å². The Morgan fingerprint density at radius 3 is 2.75 bits per heavy atom. The Morgan fingerprint density at radius 1 is 1.30 bits per heavy atom. The van der Waals surface area contributed by atoms with Gasteiger partial charge in [0.15, 0.2) is 0 Å². The minimum absolute atomic E-state index is 0.200. The number of esters is 1. The Bertz CT molecular complexity index is 534. The summed E-state index contributed by atoms with van der Waals surface area (Å²) in [4.78, 5) is 15.6. The summed E-state index contributed by atoms with van der Waals surface area (Å²) in [6.07, 6.45) is 0.991. The molecule has 0 bridgehead atoms. The molecule has 2 aromatic rings. The normalized spacial score (nSPS) is 12.3. The molecule has 0 saturated heterocycles. The Morgan fingerprint density at radius 2 is 2.15 bits per heavy atom. The SMILES string of the molecule is CCOC(=O)C(NCc1cccs1)c1ccc(CC)s1. The number of nitrogens with one attached hydrogen (secondary N) is 1. The number of rotatable bonds is 7. The molecule has 2 aromatic heterocycles. The van der Waals surface area contributed by atoms with Crippen LogP contribution in [0, 0.1) is 0 Å². The zero-order valence-electron chi connectivity index (χ0n) is 11.7. The highest BCUT2D eigenvalue weighted by atomic mass is 32.1. The smallest absolute Gasteiger partial charge is 0.328 e. The van der Waals surface area contributed by atoms with Gasteiger partial charge < -0.3 is 4.74 Å². The Hall–Kier alpha value is -1.17. The standard InChI is InChI=1S/C15H19NO2S2/c1-3-11-7-8-13(20-11)14(15(17)18-4-2)16-10-12-6-5-9-19-12/h5-9,14,16H,3-4,10H2,1-2H3. The Balaban J connectivity index is 2.09. The topological polar surface area (TPSA) is 38.3 Å². The lowest BCUT2D eigenvalue weighted by atomic mass is 10.2. The maximum atomic E-state index is 12.1. The first-order valence-electron chi connectivity index (χ1n) is 6.75. The van der Waals surface area contributed by atoms with Crippen LogP contribution >= 0.6 is 22.7 Å². The molecule has 3 nitrogen and oxygen atoms in total. The van der Waals surface area contributed by atoms with E-state index in [1.807, 2.05) is 24.4 Å². The van der Waals surface area contributed by atoms with Crippen molar-refractivity contribution in [2.75, 3.05) is 6.61 Å². The van der Waals surface area contributed by atoms with E-state index < -0.39 is 0 Å². The molecule has 0 fully saturated rings. The van der Waals surface area contributed by atoms with Crippen molar-refractivity contribution in [3.05, 3.63) is 44.3 Å². The highest BCUT2D eigenvalue weighted by Crippen LogP contribution is 2.25. The maximum absolute atomic E-state index is 12.1. The molecule has 0 aromatic carbocycles. The molecule has 0 aliphatic heterocycles. The summed E-state index contributed by atoms with van der Waals surface area (Å²) in [6.45, 7) is 5.04. The van der Waals surface area contributed by atoms with Gasteiger partial charge in [-0.3, -0.25) is 5.32 Å². The summed E-state index contributed by atoms with van der Waals surface area (Å²) >= 11 is 3.36. The Kier molecular flexibility index (Phi) is 5.76. The van der Waals surface area contributed by atoms with E-state index in [4.69, 9.17) is 4.74 Å². The van der Waals surface area contributed by atoms with Gasteiger partial charge in [-0.15, -0.1) is 22.7 Å². The highest BCUT2D eigenvalue weighted by molar-refractivity contribution is 7.12. The fourth-order valence-electron chi connectivity index (χ4n) is 1.88. The lowest BCUT2D eigenvalue weighted by Crippen LogP contribution is -2.29. The van der Waals surface area contributed by atoms with Crippen molar-refractivity contribution in [1.82, 2.24) is 5.32 Å². The van der Waals surface area contributed by atoms with Crippen LogP contribution in [-0.2, 0) is 22.5 Å². The van der Waals surface area contributed by atoms with Crippen molar-refractivity contribution in [3.8, 4) is 0 Å². The van der Waals surface area contributed by atoms with Gasteiger partial charge in [-0.1, -0.05) is 13.0 Å². The predicted octanol–water partition coefficient (Wildman–Crippen LogP) is 3.77. The molecule has 0 aliphatic carbocycles. The molecule has 5 heteroatoms. The number of carbonyl (C=O) groups is 1. The van der Waals surface area contributed by atoms with Crippen molar-refractivity contribution in [2.24, 2.45) is 0 Å². The molecule has 1 N–H and O–H groups in total. The lowest BCUT2D eigenvalue weighted by Gasteiger charge is -2.15. The van der Waals surface area contributed by atoms with Gasteiger partial charge in [-0.05, 0) is 36.9 Å². The zero-order valence-corrected chi connectivity index (χ0v) is 13.4. The molecule has 1 atom stereocenters. The van der Waals surface area contributed by atoms with Gasteiger partial charge in [0, 0.05) is 21.2 Å². The first-order chi connectivity index (χ1) is 9.74. The average Bonchev–Trinajstić information content (AvgIpc) is 3.10. The van der Waals surface area contributed by atoms with E-state index in [1.165, 1.54) is 9.75 Å². The van der Waals surface area contributed by atoms with Gasteiger partial charge >= 0.3 is 5.97 Å². The van der Waals surface area contributed by atoms with Crippen LogP contribution in [0.15, 0.2) is 29.6 Å². The van der Waals surface area contributed by atoms with Crippen molar-refractivity contribution < 1.29 is 9.53 Å². The summed E-state index contributed by atoms with van der Waals surface area (Å²) in [5, 5.41) is 5.35. The first kappa shape index (κ1) is 15.2. The highest BCUT2D eigenvalue weighted by Gasteiger charge is 2.23. The summed E-state index contributed by atoms with van der Waals surface area (Å²) in [5.74, 6) is -0.200. The molecule has 108 valence electrons. The minimum atomic E-state index is -0.373. The van der Waals surface area contributed by atoms with E-state index in [9.17, 15) is 4.79 Å². The summed E-state index contributed by atoms with van der Waals surface area (Å²) in [5.41, 5.74) is 0. The third-order valence-electron chi connectivity index (χ3n) is 2.90. The van der Waals surface area contributed by atoms with Crippen LogP contribution in [-0.4, -0.2) is 12.6 Å². The number of thiophene rings is 2. The number of carbonyl (C=O) groups excluding carboxylic acids is 1. The van der Waals surface area contributed by atoms with E-state index in [2.05, 4.69) is 24.4 Å². The van der Waals surface area contributed by atoms with Crippen molar-refractivity contribution in [2.45, 2.75) is 32.9 Å². The molecule has 2 heterocycles. The van der Waals surface area contributed by atoms with E-state index in [1.54, 1.807) is 22.7 Å². The molecular formula is C15H19NO2S2. The lowest BCUT2D eigenvalue weighted by molar-refractivity contribution is -0.145. The van der Waals surface area contributed by atoms with E-state index in [0.29, 0.717) is 13.2 Å². The Labute approximate surface area is 127 Å². The molecule has 2 rings (SSSR count). The van der Waals surface area contributed by atoms with Crippen LogP contribution in [0.2, 0.25) is 0 Å². The summed E-state index contributed by atoms with van der Waals surface area (Å²) in [6, 6.07) is 7.81. The van der Waals surface area contributed by atoms with Gasteiger partial charge in [0.2, 0.25) is 0 Å². The minimum Gasteiger partial charge on any atom is -0.465 e. The molecule has 0 saturated carbocycles. The van der Waals surface area contributed by atoms with Crippen LogP contribution in [0.1, 0.15) is 34.5 Å². The number of aryl methyl sites for hydroxylation is 1. The van der Waals surface area contributed by atoms with Gasteiger partial charge in [-0.25, -0.2) is 4.79 Å². The molecule has 0 spiro atoms. The predicted molar refractivity (Wildman–Crippen MR) is 84.2 cm³/mol. The second-order valence-electron chi connectivity index (χ2n) is 4.30. The van der Waals surface area contributed by atoms with Crippen molar-refractivity contribution in [1.29, 1.82) is 0 Å². The molecule has 0 radical (unpaired) electrons. The first-order valence-corrected chi connectivity index (χ1v) is 8.45. The van der Waals surface area contributed by atoms with E-state index in [-0.39, 0.29) is 12.0 Å². The van der Waals surface area contributed by atoms with Gasteiger partial charge in [0.25, 0.3) is 0 Å². The third-order valence-corrected chi connectivity index (χ3v) is 5.07. The quantitative estimate of drug-likeness (QED) is 0.791. The fourth-order valence-corrected chi connectivity index (χ4v) is 3.55. The van der Waals surface area contributed by atoms with Gasteiger partial charge in [0.05, 0.1) is 6.61 Å². The molecule has 0 aliphatic rings.